The van der Waals surface area contributed by atoms with E-state index in [4.69, 9.17) is 0 Å². The van der Waals surface area contributed by atoms with E-state index in [0.29, 0.717) is 25.1 Å². The van der Waals surface area contributed by atoms with Gasteiger partial charge >= 0.3 is 0 Å². The van der Waals surface area contributed by atoms with Gasteiger partial charge in [0.05, 0.1) is 16.4 Å². The Balaban J connectivity index is 1.73. The fraction of sp³-hybridized carbons (Fsp3) is 0.588. The van der Waals surface area contributed by atoms with Gasteiger partial charge in [0.15, 0.2) is 9.84 Å². The Morgan fingerprint density at radius 1 is 1.12 bits per heavy atom. The SMILES string of the molecule is CN(C(=O)c1ccc(S(=O)(=O)N2CCCCC2)cc1)[C@@H]1CCS(=O)(=O)C1. The molecule has 3 rings (SSSR count). The third-order valence-electron chi connectivity index (χ3n) is 5.13. The number of hydrogen-bond donors (Lipinski definition) is 0. The summed E-state index contributed by atoms with van der Waals surface area (Å²) < 4.78 is 50.0. The summed E-state index contributed by atoms with van der Waals surface area (Å²) in [5.41, 5.74) is 0.356. The third-order valence-corrected chi connectivity index (χ3v) is 8.79. The standard InChI is InChI=1S/C17H24N2O5S2/c1-18(15-9-12-25(21,22)13-15)17(20)14-5-7-16(8-6-14)26(23,24)19-10-3-2-4-11-19/h5-8,15H,2-4,9-13H2,1H3/t15-/m1/s1. The van der Waals surface area contributed by atoms with Crippen LogP contribution in [-0.2, 0) is 19.9 Å². The zero-order chi connectivity index (χ0) is 18.9. The molecule has 0 radical (unpaired) electrons. The van der Waals surface area contributed by atoms with Gasteiger partial charge in [0.1, 0.15) is 0 Å². The molecule has 9 heteroatoms. The number of carbonyl (C=O) groups is 1. The van der Waals surface area contributed by atoms with Crippen LogP contribution in [0.2, 0.25) is 0 Å². The van der Waals surface area contributed by atoms with E-state index >= 15 is 0 Å². The molecular weight excluding hydrogens is 376 g/mol. The number of piperidine rings is 1. The number of sulfonamides is 1. The van der Waals surface area contributed by atoms with E-state index in [-0.39, 0.29) is 28.4 Å². The first kappa shape index (κ1) is 19.3. The largest absolute Gasteiger partial charge is 0.338 e. The molecule has 1 aromatic rings. The second kappa shape index (κ2) is 7.28. The zero-order valence-corrected chi connectivity index (χ0v) is 16.4. The van der Waals surface area contributed by atoms with Crippen molar-refractivity contribution in [3.63, 3.8) is 0 Å². The van der Waals surface area contributed by atoms with Gasteiger partial charge in [0.25, 0.3) is 5.91 Å². The Hall–Kier alpha value is -1.45. The summed E-state index contributed by atoms with van der Waals surface area (Å²) in [4.78, 5) is 14.2. The first-order valence-electron chi connectivity index (χ1n) is 8.78. The minimum Gasteiger partial charge on any atom is -0.338 e. The van der Waals surface area contributed by atoms with E-state index in [2.05, 4.69) is 0 Å². The molecule has 0 saturated carbocycles. The van der Waals surface area contributed by atoms with Crippen LogP contribution < -0.4 is 0 Å². The topological polar surface area (TPSA) is 91.8 Å². The zero-order valence-electron chi connectivity index (χ0n) is 14.8. The van der Waals surface area contributed by atoms with E-state index in [1.54, 1.807) is 7.05 Å². The number of amides is 1. The van der Waals surface area contributed by atoms with Crippen LogP contribution in [0.4, 0.5) is 0 Å². The van der Waals surface area contributed by atoms with Gasteiger partial charge in [0, 0.05) is 31.7 Å². The molecule has 1 amide bonds. The summed E-state index contributed by atoms with van der Waals surface area (Å²) >= 11 is 0. The molecule has 26 heavy (non-hydrogen) atoms. The van der Waals surface area contributed by atoms with Crippen molar-refractivity contribution < 1.29 is 21.6 Å². The number of nitrogens with zero attached hydrogens (tertiary/aromatic N) is 2. The first-order valence-corrected chi connectivity index (χ1v) is 12.0. The monoisotopic (exact) mass is 400 g/mol. The van der Waals surface area contributed by atoms with Crippen molar-refractivity contribution in [1.82, 2.24) is 9.21 Å². The Bertz CT molecular complexity index is 872. The summed E-state index contributed by atoms with van der Waals surface area (Å²) in [5.74, 6) is -0.215. The van der Waals surface area contributed by atoms with E-state index in [1.165, 1.54) is 33.5 Å². The lowest BCUT2D eigenvalue weighted by atomic mass is 10.1. The molecule has 0 aliphatic carbocycles. The van der Waals surface area contributed by atoms with Gasteiger partial charge in [-0.1, -0.05) is 6.42 Å². The highest BCUT2D eigenvalue weighted by Crippen LogP contribution is 2.22. The molecule has 0 aromatic heterocycles. The quantitative estimate of drug-likeness (QED) is 0.755. The molecule has 1 aromatic carbocycles. The lowest BCUT2D eigenvalue weighted by molar-refractivity contribution is 0.0747. The molecule has 0 spiro atoms. The highest BCUT2D eigenvalue weighted by molar-refractivity contribution is 7.91. The molecule has 0 unspecified atom stereocenters. The minimum absolute atomic E-state index is 0.0172. The lowest BCUT2D eigenvalue weighted by Gasteiger charge is -2.26. The average molecular weight is 401 g/mol. The molecule has 144 valence electrons. The number of sulfone groups is 1. The molecule has 1 atom stereocenters. The summed E-state index contributed by atoms with van der Waals surface area (Å²) in [7, 11) is -5.01. The molecule has 7 nitrogen and oxygen atoms in total. The summed E-state index contributed by atoms with van der Waals surface area (Å²) in [6.07, 6.45) is 3.21. The van der Waals surface area contributed by atoms with Crippen LogP contribution >= 0.6 is 0 Å². The van der Waals surface area contributed by atoms with Crippen molar-refractivity contribution in [3.05, 3.63) is 29.8 Å². The highest BCUT2D eigenvalue weighted by atomic mass is 32.2. The van der Waals surface area contributed by atoms with E-state index < -0.39 is 19.9 Å². The normalized spacial score (nSPS) is 23.7. The van der Waals surface area contributed by atoms with Crippen molar-refractivity contribution in [1.29, 1.82) is 0 Å². The molecular formula is C17H24N2O5S2. The van der Waals surface area contributed by atoms with Gasteiger partial charge in [-0.15, -0.1) is 0 Å². The molecule has 2 fully saturated rings. The average Bonchev–Trinajstić information content (AvgIpc) is 3.01. The van der Waals surface area contributed by atoms with Crippen LogP contribution in [0.5, 0.6) is 0 Å². The van der Waals surface area contributed by atoms with Crippen molar-refractivity contribution in [2.45, 2.75) is 36.6 Å². The van der Waals surface area contributed by atoms with Crippen LogP contribution in [0.3, 0.4) is 0 Å². The van der Waals surface area contributed by atoms with Gasteiger partial charge in [-0.3, -0.25) is 4.79 Å². The lowest BCUT2D eigenvalue weighted by Crippen LogP contribution is -2.38. The van der Waals surface area contributed by atoms with Gasteiger partial charge in [-0.25, -0.2) is 16.8 Å². The van der Waals surface area contributed by atoms with E-state index in [9.17, 15) is 21.6 Å². The molecule has 2 aliphatic rings. The smallest absolute Gasteiger partial charge is 0.253 e. The van der Waals surface area contributed by atoms with Crippen LogP contribution in [0.15, 0.2) is 29.2 Å². The second-order valence-electron chi connectivity index (χ2n) is 6.96. The maximum atomic E-state index is 12.6. The molecule has 0 bridgehead atoms. The van der Waals surface area contributed by atoms with Crippen LogP contribution in [0, 0.1) is 0 Å². The maximum Gasteiger partial charge on any atom is 0.253 e. The van der Waals surface area contributed by atoms with Crippen LogP contribution in [-0.4, -0.2) is 69.6 Å². The second-order valence-corrected chi connectivity index (χ2v) is 11.1. The van der Waals surface area contributed by atoms with Crippen molar-refractivity contribution in [2.24, 2.45) is 0 Å². The first-order chi connectivity index (χ1) is 12.2. The Morgan fingerprint density at radius 2 is 1.73 bits per heavy atom. The molecule has 2 heterocycles. The molecule has 2 saturated heterocycles. The number of rotatable bonds is 4. The predicted octanol–water partition coefficient (Wildman–Crippen LogP) is 1.12. The van der Waals surface area contributed by atoms with Crippen LogP contribution in [0.1, 0.15) is 36.0 Å². The summed E-state index contributed by atoms with van der Waals surface area (Å²) in [6, 6.07) is 5.58. The number of hydrogen-bond acceptors (Lipinski definition) is 5. The summed E-state index contributed by atoms with van der Waals surface area (Å²) in [5, 5.41) is 0. The van der Waals surface area contributed by atoms with Crippen LogP contribution in [0.25, 0.3) is 0 Å². The Labute approximate surface area is 155 Å². The van der Waals surface area contributed by atoms with E-state index in [0.717, 1.165) is 19.3 Å². The Morgan fingerprint density at radius 3 is 2.27 bits per heavy atom. The number of carbonyl (C=O) groups excluding carboxylic acids is 1. The predicted molar refractivity (Wildman–Crippen MR) is 98.2 cm³/mol. The van der Waals surface area contributed by atoms with Gasteiger partial charge in [-0.2, -0.15) is 4.31 Å². The fourth-order valence-electron chi connectivity index (χ4n) is 3.47. The fourth-order valence-corrected chi connectivity index (χ4v) is 6.77. The molecule has 2 aliphatic heterocycles. The molecule has 0 N–H and O–H groups in total. The van der Waals surface area contributed by atoms with Gasteiger partial charge < -0.3 is 4.90 Å². The van der Waals surface area contributed by atoms with Gasteiger partial charge in [0.2, 0.25) is 10.0 Å². The minimum atomic E-state index is -3.53. The highest BCUT2D eigenvalue weighted by Gasteiger charge is 2.33. The van der Waals surface area contributed by atoms with E-state index in [1.807, 2.05) is 0 Å². The van der Waals surface area contributed by atoms with Crippen molar-refractivity contribution in [3.8, 4) is 0 Å². The van der Waals surface area contributed by atoms with Crippen molar-refractivity contribution >= 4 is 25.8 Å². The van der Waals surface area contributed by atoms with Crippen molar-refractivity contribution in [2.75, 3.05) is 31.6 Å². The number of benzene rings is 1. The third kappa shape index (κ3) is 3.94. The Kier molecular flexibility index (Phi) is 5.41. The van der Waals surface area contributed by atoms with Gasteiger partial charge in [-0.05, 0) is 43.5 Å². The summed E-state index contributed by atoms with van der Waals surface area (Å²) in [6.45, 7) is 1.06. The maximum absolute atomic E-state index is 12.6.